The van der Waals surface area contributed by atoms with Gasteiger partial charge in [-0.15, -0.1) is 0 Å². The van der Waals surface area contributed by atoms with Crippen LogP contribution in [-0.2, 0) is 14.6 Å². The topological polar surface area (TPSA) is 43.4 Å². The zero-order valence-electron chi connectivity index (χ0n) is 8.73. The van der Waals surface area contributed by atoms with E-state index in [4.69, 9.17) is 4.74 Å². The molecule has 5 heteroatoms. The lowest BCUT2D eigenvalue weighted by molar-refractivity contribution is 0.0661. The summed E-state index contributed by atoms with van der Waals surface area (Å²) in [6.07, 6.45) is 2.26. The Hall–Kier alpha value is -0.940. The standard InChI is InChI=1S/C11H13FO3S/c12-9-4-6-10(7-5-9)16(13,14)11-3-1-2-8-15-11/h4-7,11H,1-3,8H2. The minimum atomic E-state index is -3.47. The van der Waals surface area contributed by atoms with Gasteiger partial charge in [0.05, 0.1) is 4.90 Å². The summed E-state index contributed by atoms with van der Waals surface area (Å²) in [6.45, 7) is 0.477. The Morgan fingerprint density at radius 2 is 1.88 bits per heavy atom. The molecule has 1 aliphatic heterocycles. The average Bonchev–Trinajstić information content (AvgIpc) is 2.31. The molecular weight excluding hydrogens is 231 g/mol. The highest BCUT2D eigenvalue weighted by atomic mass is 32.2. The van der Waals surface area contributed by atoms with E-state index < -0.39 is 21.1 Å². The Morgan fingerprint density at radius 3 is 2.44 bits per heavy atom. The summed E-state index contributed by atoms with van der Waals surface area (Å²) >= 11 is 0. The van der Waals surface area contributed by atoms with Crippen molar-refractivity contribution in [3.8, 4) is 0 Å². The molecule has 1 unspecified atom stereocenters. The first kappa shape index (κ1) is 11.5. The third-order valence-corrected chi connectivity index (χ3v) is 4.62. The van der Waals surface area contributed by atoms with Crippen LogP contribution in [0.25, 0.3) is 0 Å². The van der Waals surface area contributed by atoms with Crippen LogP contribution < -0.4 is 0 Å². The van der Waals surface area contributed by atoms with Crippen LogP contribution in [0.5, 0.6) is 0 Å². The van der Waals surface area contributed by atoms with Gasteiger partial charge in [-0.05, 0) is 43.5 Å². The molecule has 1 aromatic rings. The number of rotatable bonds is 2. The molecular formula is C11H13FO3S. The Kier molecular flexibility index (Phi) is 3.25. The monoisotopic (exact) mass is 244 g/mol. The number of ether oxygens (including phenoxy) is 1. The van der Waals surface area contributed by atoms with Crippen molar-refractivity contribution in [2.45, 2.75) is 29.6 Å². The number of halogens is 1. The Morgan fingerprint density at radius 1 is 1.19 bits per heavy atom. The summed E-state index contributed by atoms with van der Waals surface area (Å²) in [5, 5.41) is 0. The van der Waals surface area contributed by atoms with Gasteiger partial charge in [-0.25, -0.2) is 12.8 Å². The van der Waals surface area contributed by atoms with Crippen molar-refractivity contribution in [3.05, 3.63) is 30.1 Å². The molecule has 1 heterocycles. The third kappa shape index (κ3) is 2.25. The van der Waals surface area contributed by atoms with Crippen molar-refractivity contribution in [1.82, 2.24) is 0 Å². The molecule has 0 aromatic heterocycles. The predicted octanol–water partition coefficient (Wildman–Crippen LogP) is 2.13. The number of hydrogen-bond donors (Lipinski definition) is 0. The smallest absolute Gasteiger partial charge is 0.205 e. The van der Waals surface area contributed by atoms with Crippen molar-refractivity contribution in [3.63, 3.8) is 0 Å². The van der Waals surface area contributed by atoms with Crippen LogP contribution in [0.2, 0.25) is 0 Å². The van der Waals surface area contributed by atoms with Gasteiger partial charge in [0, 0.05) is 6.61 Å². The second-order valence-electron chi connectivity index (χ2n) is 3.80. The number of sulfone groups is 1. The first-order valence-corrected chi connectivity index (χ1v) is 6.76. The van der Waals surface area contributed by atoms with Crippen molar-refractivity contribution in [1.29, 1.82) is 0 Å². The summed E-state index contributed by atoms with van der Waals surface area (Å²) < 4.78 is 42.0. The highest BCUT2D eigenvalue weighted by molar-refractivity contribution is 7.91. The summed E-state index contributed by atoms with van der Waals surface area (Å²) in [7, 11) is -3.47. The Labute approximate surface area is 94.2 Å². The van der Waals surface area contributed by atoms with Crippen LogP contribution in [0, 0.1) is 5.82 Å². The molecule has 0 N–H and O–H groups in total. The van der Waals surface area contributed by atoms with Gasteiger partial charge in [0.15, 0.2) is 5.44 Å². The molecule has 16 heavy (non-hydrogen) atoms. The summed E-state index contributed by atoms with van der Waals surface area (Å²) in [4.78, 5) is 0.126. The van der Waals surface area contributed by atoms with Gasteiger partial charge in [-0.3, -0.25) is 0 Å². The molecule has 0 amide bonds. The highest BCUT2D eigenvalue weighted by Gasteiger charge is 2.29. The largest absolute Gasteiger partial charge is 0.362 e. The van der Waals surface area contributed by atoms with Gasteiger partial charge >= 0.3 is 0 Å². The van der Waals surface area contributed by atoms with Gasteiger partial charge in [0.25, 0.3) is 0 Å². The second kappa shape index (κ2) is 4.51. The fourth-order valence-electron chi connectivity index (χ4n) is 1.73. The van der Waals surface area contributed by atoms with Crippen LogP contribution in [-0.4, -0.2) is 20.5 Å². The molecule has 88 valence electrons. The number of benzene rings is 1. The minimum Gasteiger partial charge on any atom is -0.362 e. The summed E-state index contributed by atoms with van der Waals surface area (Å²) in [6, 6.07) is 4.86. The quantitative estimate of drug-likeness (QED) is 0.748. The van der Waals surface area contributed by atoms with E-state index in [1.807, 2.05) is 0 Å². The zero-order chi connectivity index (χ0) is 11.6. The molecule has 3 nitrogen and oxygen atoms in total. The molecule has 1 saturated heterocycles. The first-order valence-electron chi connectivity index (χ1n) is 5.22. The Bertz CT molecular complexity index is 447. The van der Waals surface area contributed by atoms with Crippen LogP contribution in [0.15, 0.2) is 29.2 Å². The van der Waals surface area contributed by atoms with E-state index >= 15 is 0 Å². The molecule has 1 aromatic carbocycles. The maximum Gasteiger partial charge on any atom is 0.205 e. The second-order valence-corrected chi connectivity index (χ2v) is 5.88. The minimum absolute atomic E-state index is 0.126. The van der Waals surface area contributed by atoms with Crippen molar-refractivity contribution >= 4 is 9.84 Å². The van der Waals surface area contributed by atoms with Gasteiger partial charge in [-0.1, -0.05) is 0 Å². The fraction of sp³-hybridized carbons (Fsp3) is 0.455. The molecule has 0 bridgehead atoms. The van der Waals surface area contributed by atoms with Crippen LogP contribution in [0.1, 0.15) is 19.3 Å². The lowest BCUT2D eigenvalue weighted by Crippen LogP contribution is -2.28. The van der Waals surface area contributed by atoms with Gasteiger partial charge in [0.1, 0.15) is 5.82 Å². The van der Waals surface area contributed by atoms with Crippen molar-refractivity contribution in [2.24, 2.45) is 0 Å². The van der Waals surface area contributed by atoms with E-state index in [1.165, 1.54) is 12.1 Å². The van der Waals surface area contributed by atoms with Gasteiger partial charge < -0.3 is 4.74 Å². The van der Waals surface area contributed by atoms with E-state index in [-0.39, 0.29) is 4.90 Å². The Balaban J connectivity index is 2.27. The van der Waals surface area contributed by atoms with Crippen LogP contribution in [0.4, 0.5) is 4.39 Å². The molecule has 1 fully saturated rings. The van der Waals surface area contributed by atoms with Crippen LogP contribution in [0.3, 0.4) is 0 Å². The van der Waals surface area contributed by atoms with E-state index in [0.29, 0.717) is 13.0 Å². The molecule has 0 saturated carbocycles. The lowest BCUT2D eigenvalue weighted by Gasteiger charge is -2.22. The first-order chi connectivity index (χ1) is 7.60. The predicted molar refractivity (Wildman–Crippen MR) is 57.2 cm³/mol. The van der Waals surface area contributed by atoms with Gasteiger partial charge in [0.2, 0.25) is 9.84 Å². The van der Waals surface area contributed by atoms with E-state index in [9.17, 15) is 12.8 Å². The number of hydrogen-bond acceptors (Lipinski definition) is 3. The SMILES string of the molecule is O=S(=O)(c1ccc(F)cc1)C1CCCCO1. The van der Waals surface area contributed by atoms with E-state index in [1.54, 1.807) is 0 Å². The zero-order valence-corrected chi connectivity index (χ0v) is 9.54. The molecule has 1 atom stereocenters. The average molecular weight is 244 g/mol. The fourth-order valence-corrected chi connectivity index (χ4v) is 3.30. The van der Waals surface area contributed by atoms with E-state index in [2.05, 4.69) is 0 Å². The molecule has 2 rings (SSSR count). The molecule has 0 spiro atoms. The highest BCUT2D eigenvalue weighted by Crippen LogP contribution is 2.24. The maximum absolute atomic E-state index is 12.7. The normalized spacial score (nSPS) is 21.9. The third-order valence-electron chi connectivity index (χ3n) is 2.63. The van der Waals surface area contributed by atoms with Crippen molar-refractivity contribution < 1.29 is 17.5 Å². The van der Waals surface area contributed by atoms with E-state index in [0.717, 1.165) is 25.0 Å². The molecule has 1 aliphatic rings. The van der Waals surface area contributed by atoms with Crippen LogP contribution >= 0.6 is 0 Å². The molecule has 0 aliphatic carbocycles. The summed E-state index contributed by atoms with van der Waals surface area (Å²) in [5.74, 6) is -0.441. The maximum atomic E-state index is 12.7. The lowest BCUT2D eigenvalue weighted by atomic mass is 10.2. The molecule has 0 radical (unpaired) electrons. The summed E-state index contributed by atoms with van der Waals surface area (Å²) in [5.41, 5.74) is -0.772. The van der Waals surface area contributed by atoms with Crippen molar-refractivity contribution in [2.75, 3.05) is 6.61 Å². The van der Waals surface area contributed by atoms with Gasteiger partial charge in [-0.2, -0.15) is 0 Å².